The topological polar surface area (TPSA) is 40.5 Å². The lowest BCUT2D eigenvalue weighted by atomic mass is 9.42. The minimum atomic E-state index is -0.134. The Bertz CT molecular complexity index is 587. The van der Waals surface area contributed by atoms with E-state index in [0.29, 0.717) is 29.3 Å². The highest BCUT2D eigenvalue weighted by molar-refractivity contribution is 5.11. The van der Waals surface area contributed by atoms with E-state index in [2.05, 4.69) is 34.6 Å². The van der Waals surface area contributed by atoms with Crippen molar-refractivity contribution in [1.29, 1.82) is 0 Å². The van der Waals surface area contributed by atoms with Crippen molar-refractivity contribution in [2.75, 3.05) is 6.61 Å². The third-order valence-corrected chi connectivity index (χ3v) is 11.3. The largest absolute Gasteiger partial charge is 0.396 e. The Kier molecular flexibility index (Phi) is 6.69. The van der Waals surface area contributed by atoms with Crippen LogP contribution in [0.15, 0.2) is 0 Å². The molecule has 4 aliphatic rings. The van der Waals surface area contributed by atoms with Crippen LogP contribution in [0.5, 0.6) is 0 Å². The molecule has 4 rings (SSSR count). The van der Waals surface area contributed by atoms with Crippen LogP contribution < -0.4 is 0 Å². The van der Waals surface area contributed by atoms with Crippen LogP contribution in [0.25, 0.3) is 0 Å². The van der Waals surface area contributed by atoms with Gasteiger partial charge in [-0.25, -0.2) is 0 Å². The van der Waals surface area contributed by atoms with Crippen molar-refractivity contribution in [2.45, 2.75) is 111 Å². The number of hydrogen-bond donors (Lipinski definition) is 2. The van der Waals surface area contributed by atoms with Crippen LogP contribution in [0, 0.1) is 58.2 Å². The van der Waals surface area contributed by atoms with Gasteiger partial charge in [0.15, 0.2) is 0 Å². The molecule has 4 fully saturated rings. The van der Waals surface area contributed by atoms with Gasteiger partial charge in [0.05, 0.1) is 6.10 Å². The zero-order valence-electron chi connectivity index (χ0n) is 20.6. The Morgan fingerprint density at radius 1 is 0.833 bits per heavy atom. The Balaban J connectivity index is 1.52. The lowest BCUT2D eigenvalue weighted by molar-refractivity contribution is -0.158. The highest BCUT2D eigenvalue weighted by atomic mass is 16.3. The lowest BCUT2D eigenvalue weighted by Gasteiger charge is -2.63. The summed E-state index contributed by atoms with van der Waals surface area (Å²) in [5.74, 6) is 6.05. The van der Waals surface area contributed by atoms with Crippen LogP contribution >= 0.6 is 0 Å². The molecule has 0 aromatic carbocycles. The molecule has 2 heteroatoms. The van der Waals surface area contributed by atoms with Gasteiger partial charge in [-0.15, -0.1) is 0 Å². The highest BCUT2D eigenvalue weighted by Gasteiger charge is 2.62. The maximum absolute atomic E-state index is 10.4. The Morgan fingerprint density at radius 3 is 2.23 bits per heavy atom. The third-order valence-electron chi connectivity index (χ3n) is 11.3. The molecule has 0 radical (unpaired) electrons. The van der Waals surface area contributed by atoms with Crippen LogP contribution in [0.2, 0.25) is 0 Å². The van der Waals surface area contributed by atoms with Crippen molar-refractivity contribution in [3.8, 4) is 0 Å². The zero-order valence-corrected chi connectivity index (χ0v) is 20.6. The van der Waals surface area contributed by atoms with E-state index in [1.807, 2.05) is 0 Å². The van der Waals surface area contributed by atoms with Crippen molar-refractivity contribution in [2.24, 2.45) is 58.2 Å². The molecule has 0 amide bonds. The molecule has 0 saturated heterocycles. The summed E-state index contributed by atoms with van der Waals surface area (Å²) in [6, 6.07) is 0. The molecule has 174 valence electrons. The Morgan fingerprint density at radius 2 is 1.53 bits per heavy atom. The first-order valence-electron chi connectivity index (χ1n) is 13.5. The maximum atomic E-state index is 10.4. The summed E-state index contributed by atoms with van der Waals surface area (Å²) in [6.45, 7) is 12.8. The average Bonchev–Trinajstić information content (AvgIpc) is 3.05. The summed E-state index contributed by atoms with van der Waals surface area (Å²) in [7, 11) is 0. The van der Waals surface area contributed by atoms with Crippen molar-refractivity contribution < 1.29 is 10.2 Å². The fourth-order valence-electron chi connectivity index (χ4n) is 9.71. The molecule has 2 N–H and O–H groups in total. The van der Waals surface area contributed by atoms with E-state index < -0.39 is 0 Å². The first-order chi connectivity index (χ1) is 14.2. The number of rotatable bonds is 6. The van der Waals surface area contributed by atoms with E-state index in [9.17, 15) is 10.2 Å². The molecular weight excluding hydrogens is 368 g/mol. The van der Waals surface area contributed by atoms with Gasteiger partial charge in [0.25, 0.3) is 0 Å². The summed E-state index contributed by atoms with van der Waals surface area (Å²) in [6.07, 6.45) is 14.1. The summed E-state index contributed by atoms with van der Waals surface area (Å²) >= 11 is 0. The minimum absolute atomic E-state index is 0.134. The molecule has 0 unspecified atom stereocenters. The molecule has 4 saturated carbocycles. The first-order valence-corrected chi connectivity index (χ1v) is 13.5. The molecule has 0 aliphatic heterocycles. The average molecular weight is 419 g/mol. The van der Waals surface area contributed by atoms with Crippen LogP contribution in [0.3, 0.4) is 0 Å². The van der Waals surface area contributed by atoms with Crippen molar-refractivity contribution >= 4 is 0 Å². The first kappa shape index (κ1) is 23.1. The zero-order chi connectivity index (χ0) is 21.7. The van der Waals surface area contributed by atoms with E-state index in [1.165, 1.54) is 57.8 Å². The highest BCUT2D eigenvalue weighted by Crippen LogP contribution is 2.69. The minimum Gasteiger partial charge on any atom is -0.396 e. The van der Waals surface area contributed by atoms with Gasteiger partial charge in [-0.2, -0.15) is 0 Å². The van der Waals surface area contributed by atoms with Crippen molar-refractivity contribution in [3.63, 3.8) is 0 Å². The van der Waals surface area contributed by atoms with Gasteiger partial charge >= 0.3 is 0 Å². The van der Waals surface area contributed by atoms with Gasteiger partial charge in [0, 0.05) is 6.61 Å². The third kappa shape index (κ3) is 3.81. The van der Waals surface area contributed by atoms with E-state index in [4.69, 9.17) is 0 Å². The van der Waals surface area contributed by atoms with Gasteiger partial charge < -0.3 is 10.2 Å². The molecular formula is C28H50O2. The van der Waals surface area contributed by atoms with E-state index in [1.54, 1.807) is 0 Å². The SMILES string of the molecule is CC(C)CCC[C@@H](C)[C@@H]1CC[C@@H]2[C@H]3C[C@H](CO)[C@H]4C[C@@H](O)CC[C@]4(C)[C@@H]3CC[C@]21C. The van der Waals surface area contributed by atoms with Gasteiger partial charge in [0.2, 0.25) is 0 Å². The van der Waals surface area contributed by atoms with E-state index in [0.717, 1.165) is 48.3 Å². The van der Waals surface area contributed by atoms with Crippen LogP contribution in [-0.4, -0.2) is 22.9 Å². The fraction of sp³-hybridized carbons (Fsp3) is 1.00. The second-order valence-electron chi connectivity index (χ2n) is 13.1. The maximum Gasteiger partial charge on any atom is 0.0543 e. The predicted octanol–water partition coefficient (Wildman–Crippen LogP) is 6.69. The summed E-state index contributed by atoms with van der Waals surface area (Å²) < 4.78 is 0. The van der Waals surface area contributed by atoms with E-state index in [-0.39, 0.29) is 6.10 Å². The van der Waals surface area contributed by atoms with Crippen molar-refractivity contribution in [3.05, 3.63) is 0 Å². The monoisotopic (exact) mass is 418 g/mol. The normalized spacial score (nSPS) is 49.4. The molecule has 4 aliphatic carbocycles. The second-order valence-corrected chi connectivity index (χ2v) is 13.1. The summed E-state index contributed by atoms with van der Waals surface area (Å²) in [5.41, 5.74) is 0.869. The number of aliphatic hydroxyl groups excluding tert-OH is 2. The Hall–Kier alpha value is -0.0800. The Labute approximate surface area is 186 Å². The number of fused-ring (bicyclic) bond motifs is 5. The molecule has 10 atom stereocenters. The molecule has 2 nitrogen and oxygen atoms in total. The van der Waals surface area contributed by atoms with Crippen LogP contribution in [0.1, 0.15) is 105 Å². The van der Waals surface area contributed by atoms with Gasteiger partial charge in [-0.1, -0.05) is 53.9 Å². The number of hydrogen-bond acceptors (Lipinski definition) is 2. The smallest absolute Gasteiger partial charge is 0.0543 e. The van der Waals surface area contributed by atoms with E-state index >= 15 is 0 Å². The number of aliphatic hydroxyl groups is 2. The molecule has 0 heterocycles. The molecule has 0 spiro atoms. The summed E-state index contributed by atoms with van der Waals surface area (Å²) in [4.78, 5) is 0. The van der Waals surface area contributed by atoms with Crippen LogP contribution in [-0.2, 0) is 0 Å². The second kappa shape index (κ2) is 8.69. The fourth-order valence-corrected chi connectivity index (χ4v) is 9.71. The molecule has 0 aromatic rings. The van der Waals surface area contributed by atoms with Gasteiger partial charge in [0.1, 0.15) is 0 Å². The molecule has 0 aromatic heterocycles. The molecule has 0 bridgehead atoms. The van der Waals surface area contributed by atoms with Crippen molar-refractivity contribution in [1.82, 2.24) is 0 Å². The lowest BCUT2D eigenvalue weighted by Crippen LogP contribution is -2.57. The predicted molar refractivity (Wildman–Crippen MR) is 125 cm³/mol. The standard InChI is InChI=1S/C28H50O2/c1-18(2)7-6-8-19(3)23-9-10-24-22-15-20(17-29)26-16-21(30)11-13-28(26,5)25(22)12-14-27(23,24)4/h18-26,29-30H,6-17H2,1-5H3/t19-,20-,21+,22-,23+,24-,25-,26-,27+,28-/m1/s1. The van der Waals surface area contributed by atoms with Gasteiger partial charge in [-0.05, 0) is 110 Å². The van der Waals surface area contributed by atoms with Gasteiger partial charge in [-0.3, -0.25) is 0 Å². The quantitative estimate of drug-likeness (QED) is 0.504. The van der Waals surface area contributed by atoms with Crippen LogP contribution in [0.4, 0.5) is 0 Å². The summed E-state index contributed by atoms with van der Waals surface area (Å²) in [5, 5.41) is 20.7. The molecule has 30 heavy (non-hydrogen) atoms.